The molecule has 0 aromatic carbocycles. The zero-order chi connectivity index (χ0) is 11.6. The molecule has 0 amide bonds. The standard InChI is InChI=1S/C12H24N2S/c1-9-7-10(9)8-14(4)6-5-12(2,3)11(13)15/h9-10H,5-8H2,1-4H3,(H2,13,15). The Morgan fingerprint density at radius 3 is 2.47 bits per heavy atom. The third-order valence-corrected chi connectivity index (χ3v) is 4.16. The summed E-state index contributed by atoms with van der Waals surface area (Å²) in [5.41, 5.74) is 5.70. The van der Waals surface area contributed by atoms with Crippen molar-refractivity contribution >= 4 is 17.2 Å². The lowest BCUT2D eigenvalue weighted by atomic mass is 9.89. The van der Waals surface area contributed by atoms with Gasteiger partial charge in [-0.05, 0) is 38.3 Å². The zero-order valence-corrected chi connectivity index (χ0v) is 11.2. The fourth-order valence-corrected chi connectivity index (χ4v) is 1.84. The van der Waals surface area contributed by atoms with E-state index in [0.29, 0.717) is 4.99 Å². The van der Waals surface area contributed by atoms with Gasteiger partial charge >= 0.3 is 0 Å². The first-order chi connectivity index (χ1) is 6.83. The first-order valence-electron chi connectivity index (χ1n) is 5.81. The van der Waals surface area contributed by atoms with E-state index >= 15 is 0 Å². The van der Waals surface area contributed by atoms with Crippen LogP contribution in [0.15, 0.2) is 0 Å². The second-order valence-electron chi connectivity index (χ2n) is 5.73. The molecule has 15 heavy (non-hydrogen) atoms. The zero-order valence-electron chi connectivity index (χ0n) is 10.4. The molecule has 1 fully saturated rings. The Labute approximate surface area is 99.2 Å². The van der Waals surface area contributed by atoms with Crippen LogP contribution in [0.3, 0.4) is 0 Å². The molecule has 2 N–H and O–H groups in total. The quantitative estimate of drug-likeness (QED) is 0.707. The molecule has 0 aromatic rings. The third-order valence-electron chi connectivity index (χ3n) is 3.61. The van der Waals surface area contributed by atoms with Gasteiger partial charge in [-0.2, -0.15) is 0 Å². The Bertz CT molecular complexity index is 238. The van der Waals surface area contributed by atoms with Gasteiger partial charge in [-0.15, -0.1) is 0 Å². The number of hydrogen-bond donors (Lipinski definition) is 1. The molecule has 0 saturated heterocycles. The van der Waals surface area contributed by atoms with Crippen molar-refractivity contribution in [3.63, 3.8) is 0 Å². The molecule has 2 nitrogen and oxygen atoms in total. The molecule has 0 aromatic heterocycles. The van der Waals surface area contributed by atoms with Gasteiger partial charge < -0.3 is 10.6 Å². The summed E-state index contributed by atoms with van der Waals surface area (Å²) in [4.78, 5) is 3.05. The Balaban J connectivity index is 2.21. The molecule has 88 valence electrons. The normalized spacial score (nSPS) is 25.7. The lowest BCUT2D eigenvalue weighted by Crippen LogP contribution is -2.34. The lowest BCUT2D eigenvalue weighted by Gasteiger charge is -2.26. The summed E-state index contributed by atoms with van der Waals surface area (Å²) in [7, 11) is 2.20. The van der Waals surface area contributed by atoms with Crippen molar-refractivity contribution in [2.75, 3.05) is 20.1 Å². The summed E-state index contributed by atoms with van der Waals surface area (Å²) < 4.78 is 0. The first-order valence-corrected chi connectivity index (χ1v) is 6.22. The molecule has 2 unspecified atom stereocenters. The average Bonchev–Trinajstić information content (AvgIpc) is 2.78. The van der Waals surface area contributed by atoms with E-state index < -0.39 is 0 Å². The van der Waals surface area contributed by atoms with Crippen LogP contribution in [0.5, 0.6) is 0 Å². The number of rotatable bonds is 6. The van der Waals surface area contributed by atoms with Gasteiger partial charge in [-0.3, -0.25) is 0 Å². The second kappa shape index (κ2) is 4.79. The predicted molar refractivity (Wildman–Crippen MR) is 70.0 cm³/mol. The van der Waals surface area contributed by atoms with Crippen molar-refractivity contribution in [2.24, 2.45) is 23.0 Å². The van der Waals surface area contributed by atoms with Crippen molar-refractivity contribution in [1.82, 2.24) is 4.90 Å². The van der Waals surface area contributed by atoms with Crippen molar-refractivity contribution in [2.45, 2.75) is 33.6 Å². The second-order valence-corrected chi connectivity index (χ2v) is 6.17. The van der Waals surface area contributed by atoms with Crippen LogP contribution in [0.25, 0.3) is 0 Å². The smallest absolute Gasteiger partial charge is 0.0784 e. The Morgan fingerprint density at radius 2 is 2.07 bits per heavy atom. The highest BCUT2D eigenvalue weighted by atomic mass is 32.1. The van der Waals surface area contributed by atoms with E-state index in [0.717, 1.165) is 24.8 Å². The maximum atomic E-state index is 5.71. The molecule has 0 aliphatic heterocycles. The van der Waals surface area contributed by atoms with Gasteiger partial charge in [-0.1, -0.05) is 33.0 Å². The minimum atomic E-state index is -0.00123. The lowest BCUT2D eigenvalue weighted by molar-refractivity contribution is 0.279. The van der Waals surface area contributed by atoms with Crippen LogP contribution in [0.2, 0.25) is 0 Å². The molecule has 0 bridgehead atoms. The van der Waals surface area contributed by atoms with E-state index in [-0.39, 0.29) is 5.41 Å². The summed E-state index contributed by atoms with van der Waals surface area (Å²) >= 11 is 5.06. The van der Waals surface area contributed by atoms with Crippen LogP contribution in [-0.4, -0.2) is 30.0 Å². The summed E-state index contributed by atoms with van der Waals surface area (Å²) in [6.07, 6.45) is 2.46. The monoisotopic (exact) mass is 228 g/mol. The summed E-state index contributed by atoms with van der Waals surface area (Å²) in [6, 6.07) is 0. The van der Waals surface area contributed by atoms with Gasteiger partial charge in [0.15, 0.2) is 0 Å². The molecule has 1 aliphatic rings. The largest absolute Gasteiger partial charge is 0.393 e. The highest BCUT2D eigenvalue weighted by Crippen LogP contribution is 2.38. The van der Waals surface area contributed by atoms with Gasteiger partial charge in [-0.25, -0.2) is 0 Å². The van der Waals surface area contributed by atoms with Gasteiger partial charge in [0.1, 0.15) is 0 Å². The average molecular weight is 228 g/mol. The molecular formula is C12H24N2S. The number of thiocarbonyl (C=S) groups is 1. The highest BCUT2D eigenvalue weighted by molar-refractivity contribution is 7.80. The SMILES string of the molecule is CC1CC1CN(C)CCC(C)(C)C(N)=S. The van der Waals surface area contributed by atoms with Gasteiger partial charge in [0.05, 0.1) is 4.99 Å². The van der Waals surface area contributed by atoms with Crippen LogP contribution in [-0.2, 0) is 0 Å². The van der Waals surface area contributed by atoms with Crippen molar-refractivity contribution in [3.05, 3.63) is 0 Å². The van der Waals surface area contributed by atoms with Crippen molar-refractivity contribution in [3.8, 4) is 0 Å². The van der Waals surface area contributed by atoms with E-state index in [1.165, 1.54) is 13.0 Å². The third kappa shape index (κ3) is 4.07. The van der Waals surface area contributed by atoms with E-state index in [2.05, 4.69) is 32.7 Å². The van der Waals surface area contributed by atoms with Crippen LogP contribution in [0.4, 0.5) is 0 Å². The Hall–Kier alpha value is -0.150. The first kappa shape index (κ1) is 12.9. The summed E-state index contributed by atoms with van der Waals surface area (Å²) in [5.74, 6) is 1.87. The van der Waals surface area contributed by atoms with Crippen molar-refractivity contribution in [1.29, 1.82) is 0 Å². The molecule has 0 heterocycles. The molecule has 3 heteroatoms. The van der Waals surface area contributed by atoms with E-state index in [1.54, 1.807) is 0 Å². The maximum Gasteiger partial charge on any atom is 0.0784 e. The molecule has 0 spiro atoms. The van der Waals surface area contributed by atoms with E-state index in [1.807, 2.05) is 0 Å². The fourth-order valence-electron chi connectivity index (χ4n) is 1.74. The minimum Gasteiger partial charge on any atom is -0.393 e. The van der Waals surface area contributed by atoms with Crippen LogP contribution in [0, 0.1) is 17.3 Å². The molecule has 0 radical (unpaired) electrons. The van der Waals surface area contributed by atoms with Crippen LogP contribution < -0.4 is 5.73 Å². The predicted octanol–water partition coefficient (Wildman–Crippen LogP) is 2.28. The summed E-state index contributed by atoms with van der Waals surface area (Å²) in [5, 5.41) is 0. The summed E-state index contributed by atoms with van der Waals surface area (Å²) in [6.45, 7) is 8.91. The van der Waals surface area contributed by atoms with Crippen molar-refractivity contribution < 1.29 is 0 Å². The van der Waals surface area contributed by atoms with Gasteiger partial charge in [0.25, 0.3) is 0 Å². The number of hydrogen-bond acceptors (Lipinski definition) is 2. The van der Waals surface area contributed by atoms with Gasteiger partial charge in [0.2, 0.25) is 0 Å². The Morgan fingerprint density at radius 1 is 1.53 bits per heavy atom. The van der Waals surface area contributed by atoms with E-state index in [4.69, 9.17) is 18.0 Å². The minimum absolute atomic E-state index is 0.00123. The molecule has 1 aliphatic carbocycles. The molecule has 2 atom stereocenters. The number of nitrogens with two attached hydrogens (primary N) is 1. The Kier molecular flexibility index (Phi) is 4.13. The molecule has 1 rings (SSSR count). The topological polar surface area (TPSA) is 29.3 Å². The molecule has 1 saturated carbocycles. The molecular weight excluding hydrogens is 204 g/mol. The van der Waals surface area contributed by atoms with Crippen LogP contribution in [0.1, 0.15) is 33.6 Å². The number of nitrogens with zero attached hydrogens (tertiary/aromatic N) is 1. The van der Waals surface area contributed by atoms with E-state index in [9.17, 15) is 0 Å². The highest BCUT2D eigenvalue weighted by Gasteiger charge is 2.33. The maximum absolute atomic E-state index is 5.71. The fraction of sp³-hybridized carbons (Fsp3) is 0.917. The van der Waals surface area contributed by atoms with Gasteiger partial charge in [0, 0.05) is 12.0 Å². The van der Waals surface area contributed by atoms with Crippen LogP contribution >= 0.6 is 12.2 Å².